The van der Waals surface area contributed by atoms with Crippen molar-refractivity contribution in [3.8, 4) is 5.75 Å². The standard InChI is InChI=1S/C20H29N5O5S.ClH/c1-22-18(15-19(26)23(2)20(22)27)25-12-10-24(11-13-25)9-6-14-30-17-8-5-4-7-16(17)21-31(3,28)29;/h4-5,7-8,15,21H,6,9-14H2,1-3H3;1H. The van der Waals surface area contributed by atoms with Crippen molar-refractivity contribution in [2.24, 2.45) is 14.1 Å². The number of benzene rings is 1. The van der Waals surface area contributed by atoms with E-state index in [4.69, 9.17) is 4.74 Å². The molecule has 178 valence electrons. The number of piperazine rings is 1. The van der Waals surface area contributed by atoms with E-state index in [0.29, 0.717) is 23.9 Å². The van der Waals surface area contributed by atoms with Gasteiger partial charge in [-0.25, -0.2) is 13.2 Å². The Morgan fingerprint density at radius 1 is 1.03 bits per heavy atom. The molecule has 3 rings (SSSR count). The molecule has 12 heteroatoms. The average molecular weight is 488 g/mol. The maximum absolute atomic E-state index is 12.1. The van der Waals surface area contributed by atoms with E-state index in [-0.39, 0.29) is 23.7 Å². The Balaban J connectivity index is 0.00000363. The van der Waals surface area contributed by atoms with Gasteiger partial charge in [0.2, 0.25) is 10.0 Å². The van der Waals surface area contributed by atoms with Crippen molar-refractivity contribution >= 4 is 33.9 Å². The monoisotopic (exact) mass is 487 g/mol. The molecule has 0 spiro atoms. The minimum absolute atomic E-state index is 0. The maximum atomic E-state index is 12.1. The molecule has 0 radical (unpaired) electrons. The summed E-state index contributed by atoms with van der Waals surface area (Å²) >= 11 is 0. The van der Waals surface area contributed by atoms with Crippen molar-refractivity contribution in [1.82, 2.24) is 14.0 Å². The highest BCUT2D eigenvalue weighted by atomic mass is 35.5. The molecule has 2 aromatic rings. The first kappa shape index (κ1) is 25.8. The van der Waals surface area contributed by atoms with E-state index in [1.54, 1.807) is 31.3 Å². The number of nitrogens with one attached hydrogen (secondary N) is 1. The molecular weight excluding hydrogens is 458 g/mol. The number of halogens is 1. The number of aromatic nitrogens is 2. The summed E-state index contributed by atoms with van der Waals surface area (Å²) in [5.41, 5.74) is -0.200. The van der Waals surface area contributed by atoms with Crippen molar-refractivity contribution < 1.29 is 13.2 Å². The van der Waals surface area contributed by atoms with Crippen molar-refractivity contribution in [2.75, 3.05) is 55.2 Å². The number of nitrogens with zero attached hydrogens (tertiary/aromatic N) is 4. The number of para-hydroxylation sites is 2. The van der Waals surface area contributed by atoms with Gasteiger partial charge in [0.15, 0.2) is 0 Å². The number of ether oxygens (including phenoxy) is 1. The number of hydrogen-bond donors (Lipinski definition) is 1. The minimum Gasteiger partial charge on any atom is -0.491 e. The number of hydrogen-bond acceptors (Lipinski definition) is 7. The first-order valence-electron chi connectivity index (χ1n) is 10.1. The summed E-state index contributed by atoms with van der Waals surface area (Å²) in [6.07, 6.45) is 1.90. The molecule has 1 N–H and O–H groups in total. The summed E-state index contributed by atoms with van der Waals surface area (Å²) in [6.45, 7) is 4.38. The lowest BCUT2D eigenvalue weighted by molar-refractivity contribution is 0.224. The van der Waals surface area contributed by atoms with E-state index in [2.05, 4.69) is 14.5 Å². The van der Waals surface area contributed by atoms with Crippen LogP contribution in [-0.4, -0.2) is 68.0 Å². The van der Waals surface area contributed by atoms with Crippen LogP contribution >= 0.6 is 12.4 Å². The first-order valence-corrected chi connectivity index (χ1v) is 12.0. The molecule has 2 heterocycles. The normalized spacial score (nSPS) is 14.7. The van der Waals surface area contributed by atoms with Crippen LogP contribution in [0.5, 0.6) is 5.75 Å². The second-order valence-corrected chi connectivity index (χ2v) is 9.39. The van der Waals surface area contributed by atoms with Crippen LogP contribution < -0.4 is 25.6 Å². The highest BCUT2D eigenvalue weighted by molar-refractivity contribution is 7.92. The van der Waals surface area contributed by atoms with E-state index >= 15 is 0 Å². The average Bonchev–Trinajstić information content (AvgIpc) is 2.73. The van der Waals surface area contributed by atoms with Gasteiger partial charge in [-0.2, -0.15) is 0 Å². The van der Waals surface area contributed by atoms with Gasteiger partial charge in [0, 0.05) is 52.9 Å². The highest BCUT2D eigenvalue weighted by Crippen LogP contribution is 2.24. The van der Waals surface area contributed by atoms with Crippen LogP contribution in [0.1, 0.15) is 6.42 Å². The lowest BCUT2D eigenvalue weighted by Crippen LogP contribution is -2.49. The van der Waals surface area contributed by atoms with Gasteiger partial charge in [-0.15, -0.1) is 12.4 Å². The molecule has 0 unspecified atom stereocenters. The van der Waals surface area contributed by atoms with E-state index in [1.165, 1.54) is 17.7 Å². The van der Waals surface area contributed by atoms with Crippen molar-refractivity contribution in [3.63, 3.8) is 0 Å². The van der Waals surface area contributed by atoms with E-state index in [0.717, 1.165) is 50.0 Å². The van der Waals surface area contributed by atoms with Gasteiger partial charge in [0.25, 0.3) is 5.56 Å². The summed E-state index contributed by atoms with van der Waals surface area (Å²) in [5.74, 6) is 1.15. The van der Waals surface area contributed by atoms with Gasteiger partial charge in [0.05, 0.1) is 18.6 Å². The molecule has 1 aromatic heterocycles. The zero-order valence-corrected chi connectivity index (χ0v) is 20.1. The van der Waals surface area contributed by atoms with Crippen molar-refractivity contribution in [3.05, 3.63) is 51.2 Å². The third-order valence-electron chi connectivity index (χ3n) is 5.26. The Morgan fingerprint density at radius 2 is 1.69 bits per heavy atom. The summed E-state index contributed by atoms with van der Waals surface area (Å²) < 4.78 is 33.8. The van der Waals surface area contributed by atoms with Crippen LogP contribution in [0.3, 0.4) is 0 Å². The minimum atomic E-state index is -3.37. The predicted octanol–water partition coefficient (Wildman–Crippen LogP) is 0.468. The van der Waals surface area contributed by atoms with Crippen LogP contribution in [0.2, 0.25) is 0 Å². The molecule has 1 aliphatic rings. The van der Waals surface area contributed by atoms with Crippen molar-refractivity contribution in [2.45, 2.75) is 6.42 Å². The number of anilines is 2. The molecule has 10 nitrogen and oxygen atoms in total. The lowest BCUT2D eigenvalue weighted by atomic mass is 10.3. The van der Waals surface area contributed by atoms with Crippen molar-refractivity contribution in [1.29, 1.82) is 0 Å². The van der Waals surface area contributed by atoms with Crippen LogP contribution in [0.25, 0.3) is 0 Å². The Bertz CT molecular complexity index is 1140. The second-order valence-electron chi connectivity index (χ2n) is 7.64. The van der Waals surface area contributed by atoms with E-state index in [1.807, 2.05) is 0 Å². The zero-order valence-electron chi connectivity index (χ0n) is 18.5. The Kier molecular flexibility index (Phi) is 8.76. The fraction of sp³-hybridized carbons (Fsp3) is 0.500. The molecule has 32 heavy (non-hydrogen) atoms. The van der Waals surface area contributed by atoms with Gasteiger partial charge in [-0.3, -0.25) is 23.6 Å². The third kappa shape index (κ3) is 6.50. The van der Waals surface area contributed by atoms with Crippen LogP contribution in [-0.2, 0) is 24.1 Å². The molecule has 1 aromatic carbocycles. The van der Waals surface area contributed by atoms with E-state index in [9.17, 15) is 18.0 Å². The van der Waals surface area contributed by atoms with Gasteiger partial charge >= 0.3 is 5.69 Å². The molecule has 0 saturated carbocycles. The largest absolute Gasteiger partial charge is 0.491 e. The first-order chi connectivity index (χ1) is 14.7. The molecule has 0 amide bonds. The van der Waals surface area contributed by atoms with Gasteiger partial charge in [0.1, 0.15) is 11.6 Å². The van der Waals surface area contributed by atoms with Gasteiger partial charge in [-0.05, 0) is 18.6 Å². The third-order valence-corrected chi connectivity index (χ3v) is 5.85. The topological polar surface area (TPSA) is 106 Å². The maximum Gasteiger partial charge on any atom is 0.332 e. The fourth-order valence-corrected chi connectivity index (χ4v) is 4.14. The molecule has 0 aliphatic carbocycles. The Labute approximate surface area is 193 Å². The Morgan fingerprint density at radius 3 is 2.34 bits per heavy atom. The summed E-state index contributed by atoms with van der Waals surface area (Å²) in [6, 6.07) is 8.46. The summed E-state index contributed by atoms with van der Waals surface area (Å²) in [7, 11) is -0.217. The number of rotatable bonds is 8. The molecule has 0 atom stereocenters. The van der Waals surface area contributed by atoms with Crippen LogP contribution in [0.15, 0.2) is 39.9 Å². The fourth-order valence-electron chi connectivity index (χ4n) is 3.57. The molecular formula is C20H30ClN5O5S. The SMILES string of the molecule is Cl.Cn1c(N2CCN(CCCOc3ccccc3NS(C)(=O)=O)CC2)cc(=O)n(C)c1=O. The van der Waals surface area contributed by atoms with Gasteiger partial charge in [-0.1, -0.05) is 12.1 Å². The van der Waals surface area contributed by atoms with Crippen LogP contribution in [0, 0.1) is 0 Å². The molecule has 0 bridgehead atoms. The second kappa shape index (κ2) is 10.9. The molecule has 1 fully saturated rings. The summed E-state index contributed by atoms with van der Waals surface area (Å²) in [4.78, 5) is 28.5. The predicted molar refractivity (Wildman–Crippen MR) is 128 cm³/mol. The van der Waals surface area contributed by atoms with E-state index < -0.39 is 10.0 Å². The lowest BCUT2D eigenvalue weighted by Gasteiger charge is -2.36. The van der Waals surface area contributed by atoms with Gasteiger partial charge < -0.3 is 9.64 Å². The Hall–Kier alpha value is -2.50. The zero-order chi connectivity index (χ0) is 22.6. The quantitative estimate of drug-likeness (QED) is 0.539. The molecule has 1 aliphatic heterocycles. The summed E-state index contributed by atoms with van der Waals surface area (Å²) in [5, 5.41) is 0. The smallest absolute Gasteiger partial charge is 0.332 e. The van der Waals surface area contributed by atoms with Crippen LogP contribution in [0.4, 0.5) is 11.5 Å². The highest BCUT2D eigenvalue weighted by Gasteiger charge is 2.20. The number of sulfonamides is 1. The molecule has 1 saturated heterocycles.